The number of ether oxygens (including phenoxy) is 4. The van der Waals surface area contributed by atoms with E-state index in [0.29, 0.717) is 36.7 Å². The van der Waals surface area contributed by atoms with E-state index in [0.717, 1.165) is 0 Å². The average molecular weight is 541 g/mol. The quantitative estimate of drug-likeness (QED) is 0.479. The molecule has 2 aromatic rings. The third-order valence-electron chi connectivity index (χ3n) is 5.78. The van der Waals surface area contributed by atoms with Gasteiger partial charge in [0, 0.05) is 25.2 Å². The number of halogens is 1. The minimum absolute atomic E-state index is 0.0184. The zero-order chi connectivity index (χ0) is 26.5. The fourth-order valence-electron chi connectivity index (χ4n) is 3.93. The molecular weight excluding hydrogens is 512 g/mol. The lowest BCUT2D eigenvalue weighted by Gasteiger charge is -2.31. The summed E-state index contributed by atoms with van der Waals surface area (Å²) >= 11 is 6.19. The van der Waals surface area contributed by atoms with Crippen LogP contribution in [0.15, 0.2) is 35.2 Å². The van der Waals surface area contributed by atoms with Gasteiger partial charge in [0.1, 0.15) is 5.75 Å². The number of hydrogen-bond acceptors (Lipinski definition) is 8. The fourth-order valence-corrected chi connectivity index (χ4v) is 5.78. The van der Waals surface area contributed by atoms with Gasteiger partial charge < -0.3 is 24.3 Å². The van der Waals surface area contributed by atoms with Crippen LogP contribution in [0.25, 0.3) is 0 Å². The van der Waals surface area contributed by atoms with Gasteiger partial charge in [-0.15, -0.1) is 0 Å². The van der Waals surface area contributed by atoms with Crippen LogP contribution in [0.3, 0.4) is 0 Å². The zero-order valence-electron chi connectivity index (χ0n) is 20.5. The lowest BCUT2D eigenvalue weighted by molar-refractivity contribution is -0.120. The van der Waals surface area contributed by atoms with E-state index in [2.05, 4.69) is 5.32 Å². The summed E-state index contributed by atoms with van der Waals surface area (Å²) in [5.41, 5.74) is 0.246. The summed E-state index contributed by atoms with van der Waals surface area (Å²) in [6.07, 6.45) is 0.959. The molecule has 0 spiro atoms. The molecule has 1 heterocycles. The number of benzene rings is 2. The van der Waals surface area contributed by atoms with Crippen LogP contribution < -0.4 is 19.5 Å². The van der Waals surface area contributed by atoms with E-state index >= 15 is 0 Å². The van der Waals surface area contributed by atoms with Crippen LogP contribution in [0.2, 0.25) is 5.02 Å². The van der Waals surface area contributed by atoms with Gasteiger partial charge in [-0.05, 0) is 38.0 Å². The molecule has 0 aromatic heterocycles. The predicted molar refractivity (Wildman–Crippen MR) is 134 cm³/mol. The Bertz CT molecular complexity index is 1230. The molecule has 1 atom stereocenters. The van der Waals surface area contributed by atoms with E-state index in [9.17, 15) is 18.0 Å². The van der Waals surface area contributed by atoms with Crippen molar-refractivity contribution in [3.8, 4) is 17.2 Å². The molecule has 1 aliphatic heterocycles. The maximum atomic E-state index is 13.3. The second-order valence-corrected chi connectivity index (χ2v) is 10.3. The van der Waals surface area contributed by atoms with Crippen molar-refractivity contribution in [1.82, 2.24) is 4.31 Å². The Balaban J connectivity index is 1.82. The van der Waals surface area contributed by atoms with Crippen LogP contribution in [0.5, 0.6) is 17.2 Å². The molecule has 1 N–H and O–H groups in total. The molecule has 2 aromatic carbocycles. The number of rotatable bonds is 9. The van der Waals surface area contributed by atoms with Crippen LogP contribution in [-0.2, 0) is 19.6 Å². The number of esters is 1. The smallest absolute Gasteiger partial charge is 0.340 e. The maximum absolute atomic E-state index is 13.3. The van der Waals surface area contributed by atoms with Gasteiger partial charge in [0.25, 0.3) is 0 Å². The molecule has 1 amide bonds. The Morgan fingerprint density at radius 1 is 1.08 bits per heavy atom. The summed E-state index contributed by atoms with van der Waals surface area (Å²) < 4.78 is 48.5. The Morgan fingerprint density at radius 3 is 2.39 bits per heavy atom. The molecule has 36 heavy (non-hydrogen) atoms. The lowest BCUT2D eigenvalue weighted by Crippen LogP contribution is -2.43. The van der Waals surface area contributed by atoms with Gasteiger partial charge in [-0.2, -0.15) is 4.31 Å². The Morgan fingerprint density at radius 2 is 1.78 bits per heavy atom. The molecule has 10 nitrogen and oxygen atoms in total. The van der Waals surface area contributed by atoms with Gasteiger partial charge >= 0.3 is 5.97 Å². The van der Waals surface area contributed by atoms with E-state index in [4.69, 9.17) is 30.5 Å². The maximum Gasteiger partial charge on any atom is 0.340 e. The highest BCUT2D eigenvalue weighted by atomic mass is 35.5. The first-order valence-corrected chi connectivity index (χ1v) is 13.1. The van der Waals surface area contributed by atoms with Gasteiger partial charge in [0.2, 0.25) is 15.9 Å². The van der Waals surface area contributed by atoms with Crippen molar-refractivity contribution in [2.45, 2.75) is 24.7 Å². The first-order valence-electron chi connectivity index (χ1n) is 11.2. The largest absolute Gasteiger partial charge is 0.493 e. The molecule has 1 saturated heterocycles. The predicted octanol–water partition coefficient (Wildman–Crippen LogP) is 3.58. The molecule has 196 valence electrons. The number of nitrogens with zero attached hydrogens (tertiary/aromatic N) is 1. The molecule has 0 bridgehead atoms. The van der Waals surface area contributed by atoms with E-state index in [1.165, 1.54) is 56.0 Å². The number of nitrogens with one attached hydrogen (secondary N) is 1. The molecule has 0 aliphatic carbocycles. The zero-order valence-corrected chi connectivity index (χ0v) is 22.1. The van der Waals surface area contributed by atoms with Gasteiger partial charge in [0.05, 0.1) is 55.0 Å². The van der Waals surface area contributed by atoms with Crippen molar-refractivity contribution in [3.05, 3.63) is 40.9 Å². The molecule has 1 fully saturated rings. The van der Waals surface area contributed by atoms with Crippen molar-refractivity contribution >= 4 is 39.2 Å². The van der Waals surface area contributed by atoms with Crippen LogP contribution in [0.4, 0.5) is 5.69 Å². The summed E-state index contributed by atoms with van der Waals surface area (Å²) in [4.78, 5) is 25.5. The van der Waals surface area contributed by atoms with Gasteiger partial charge in [-0.1, -0.05) is 11.6 Å². The van der Waals surface area contributed by atoms with Gasteiger partial charge in [-0.3, -0.25) is 4.79 Å². The molecule has 0 saturated carbocycles. The summed E-state index contributed by atoms with van der Waals surface area (Å²) in [6, 6.07) is 7.16. The number of hydrogen-bond donors (Lipinski definition) is 1. The summed E-state index contributed by atoms with van der Waals surface area (Å²) in [5.74, 6) is -0.764. The normalized spacial score (nSPS) is 16.2. The fraction of sp³-hybridized carbons (Fsp3) is 0.417. The van der Waals surface area contributed by atoms with Crippen molar-refractivity contribution in [1.29, 1.82) is 0 Å². The second kappa shape index (κ2) is 11.8. The first-order chi connectivity index (χ1) is 17.2. The van der Waals surface area contributed by atoms with Crippen LogP contribution in [-0.4, -0.2) is 65.6 Å². The minimum atomic E-state index is -3.90. The van der Waals surface area contributed by atoms with Gasteiger partial charge in [0.15, 0.2) is 11.5 Å². The van der Waals surface area contributed by atoms with Crippen molar-refractivity contribution < 1.29 is 37.0 Å². The number of amides is 1. The highest BCUT2D eigenvalue weighted by molar-refractivity contribution is 7.89. The second-order valence-electron chi connectivity index (χ2n) is 7.96. The summed E-state index contributed by atoms with van der Waals surface area (Å²) in [5, 5.41) is 2.92. The molecule has 0 radical (unpaired) electrons. The summed E-state index contributed by atoms with van der Waals surface area (Å²) in [7, 11) is 0.177. The Hall–Kier alpha value is -3.02. The number of sulfonamides is 1. The van der Waals surface area contributed by atoms with E-state index in [-0.39, 0.29) is 34.3 Å². The van der Waals surface area contributed by atoms with E-state index in [1.807, 2.05) is 0 Å². The number of methoxy groups -OCH3 is 3. The number of carbonyl (C=O) groups is 2. The van der Waals surface area contributed by atoms with Crippen LogP contribution in [0.1, 0.15) is 30.1 Å². The van der Waals surface area contributed by atoms with E-state index < -0.39 is 27.8 Å². The van der Waals surface area contributed by atoms with Crippen molar-refractivity contribution in [2.24, 2.45) is 5.92 Å². The Kier molecular flexibility index (Phi) is 9.04. The van der Waals surface area contributed by atoms with Gasteiger partial charge in [-0.25, -0.2) is 13.2 Å². The van der Waals surface area contributed by atoms with Crippen LogP contribution in [0, 0.1) is 5.92 Å². The molecule has 12 heteroatoms. The number of anilines is 1. The first kappa shape index (κ1) is 27.6. The van der Waals surface area contributed by atoms with E-state index in [1.54, 1.807) is 6.92 Å². The molecule has 0 unspecified atom stereocenters. The van der Waals surface area contributed by atoms with Crippen molar-refractivity contribution in [2.75, 3.05) is 46.3 Å². The van der Waals surface area contributed by atoms with Crippen LogP contribution >= 0.6 is 11.6 Å². The summed E-state index contributed by atoms with van der Waals surface area (Å²) in [6.45, 7) is 2.43. The highest BCUT2D eigenvalue weighted by Gasteiger charge is 2.34. The minimum Gasteiger partial charge on any atom is -0.493 e. The standard InChI is InChI=1S/C24H29ClN2O8S/c1-5-35-20-9-8-16(11-18(20)25)36(30,31)27-10-6-7-15(14-27)23(28)26-19-13-22(33-3)21(32-2)12-17(19)24(29)34-4/h8-9,11-13,15H,5-7,10,14H2,1-4H3,(H,26,28)/t15-/m0/s1. The lowest BCUT2D eigenvalue weighted by atomic mass is 9.98. The Labute approximate surface area is 215 Å². The third kappa shape index (κ3) is 5.85. The molecule has 3 rings (SSSR count). The monoisotopic (exact) mass is 540 g/mol. The molecular formula is C24H29ClN2O8S. The SMILES string of the molecule is CCOc1ccc(S(=O)(=O)N2CCC[C@H](C(=O)Nc3cc(OC)c(OC)cc3C(=O)OC)C2)cc1Cl. The third-order valence-corrected chi connectivity index (χ3v) is 7.94. The number of carbonyl (C=O) groups excluding carboxylic acids is 2. The average Bonchev–Trinajstić information content (AvgIpc) is 2.89. The topological polar surface area (TPSA) is 120 Å². The molecule has 1 aliphatic rings. The number of piperidine rings is 1. The highest BCUT2D eigenvalue weighted by Crippen LogP contribution is 2.35. The van der Waals surface area contributed by atoms with Crippen molar-refractivity contribution in [3.63, 3.8) is 0 Å².